The van der Waals surface area contributed by atoms with E-state index < -0.39 is 0 Å². The van der Waals surface area contributed by atoms with Gasteiger partial charge in [-0.1, -0.05) is 12.1 Å². The van der Waals surface area contributed by atoms with Gasteiger partial charge in [0, 0.05) is 18.7 Å². The summed E-state index contributed by atoms with van der Waals surface area (Å²) in [6.07, 6.45) is 0.726. The van der Waals surface area contributed by atoms with Crippen LogP contribution in [0.25, 0.3) is 11.0 Å². The summed E-state index contributed by atoms with van der Waals surface area (Å²) in [5.74, 6) is 1.05. The largest absolute Gasteiger partial charge is 0.397 e. The topological polar surface area (TPSA) is 56.7 Å². The first-order valence-electron chi connectivity index (χ1n) is 6.85. The summed E-state index contributed by atoms with van der Waals surface area (Å²) in [7, 11) is 0. The number of rotatable bonds is 3. The van der Waals surface area contributed by atoms with Crippen molar-refractivity contribution in [2.24, 2.45) is 0 Å². The van der Waals surface area contributed by atoms with Crippen LogP contribution in [0.3, 0.4) is 0 Å². The summed E-state index contributed by atoms with van der Waals surface area (Å²) in [5.41, 5.74) is 10.6. The number of hydrogen-bond acceptors (Lipinski definition) is 3. The van der Waals surface area contributed by atoms with Crippen LogP contribution in [0.15, 0.2) is 36.4 Å². The highest BCUT2D eigenvalue weighted by Crippen LogP contribution is 2.18. The lowest BCUT2D eigenvalue weighted by atomic mass is 10.2. The number of imidazole rings is 1. The molecule has 0 fully saturated rings. The molecule has 0 spiro atoms. The van der Waals surface area contributed by atoms with E-state index in [9.17, 15) is 0 Å². The second kappa shape index (κ2) is 4.96. The third kappa shape index (κ3) is 2.13. The number of benzene rings is 1. The summed E-state index contributed by atoms with van der Waals surface area (Å²) in [6, 6.07) is 12.1. The number of para-hydroxylation sites is 2. The standard InChI is InChI=1S/C16H18N4/c1-3-20-15-7-5-4-6-14(15)19-16(20)10-12-8-9-13(17)11(2)18-12/h4-9H,3,10,17H2,1-2H3. The molecule has 2 heterocycles. The molecule has 4 nitrogen and oxygen atoms in total. The molecule has 0 aliphatic heterocycles. The van der Waals surface area contributed by atoms with Gasteiger partial charge in [0.25, 0.3) is 0 Å². The Morgan fingerprint density at radius 1 is 1.10 bits per heavy atom. The molecule has 2 aromatic heterocycles. The highest BCUT2D eigenvalue weighted by atomic mass is 15.1. The Morgan fingerprint density at radius 3 is 2.65 bits per heavy atom. The monoisotopic (exact) mass is 266 g/mol. The third-order valence-corrected chi connectivity index (χ3v) is 3.57. The fourth-order valence-electron chi connectivity index (χ4n) is 2.50. The van der Waals surface area contributed by atoms with Crippen LogP contribution in [-0.2, 0) is 13.0 Å². The lowest BCUT2D eigenvalue weighted by Gasteiger charge is -2.07. The number of aromatic nitrogens is 3. The number of pyridine rings is 1. The van der Waals surface area contributed by atoms with Crippen molar-refractivity contribution in [2.45, 2.75) is 26.8 Å². The van der Waals surface area contributed by atoms with E-state index in [4.69, 9.17) is 10.7 Å². The van der Waals surface area contributed by atoms with E-state index >= 15 is 0 Å². The zero-order valence-corrected chi connectivity index (χ0v) is 11.8. The molecule has 102 valence electrons. The first kappa shape index (κ1) is 12.7. The van der Waals surface area contributed by atoms with Gasteiger partial charge >= 0.3 is 0 Å². The van der Waals surface area contributed by atoms with E-state index in [2.05, 4.69) is 22.5 Å². The van der Waals surface area contributed by atoms with Crippen molar-refractivity contribution in [1.82, 2.24) is 14.5 Å². The predicted octanol–water partition coefficient (Wildman–Crippen LogP) is 2.93. The maximum atomic E-state index is 5.82. The summed E-state index contributed by atoms with van der Waals surface area (Å²) < 4.78 is 2.24. The van der Waals surface area contributed by atoms with Crippen molar-refractivity contribution in [3.05, 3.63) is 53.6 Å². The average Bonchev–Trinajstić information content (AvgIpc) is 2.80. The van der Waals surface area contributed by atoms with Gasteiger partial charge in [0.15, 0.2) is 0 Å². The molecule has 0 aliphatic rings. The Labute approximate surface area is 118 Å². The van der Waals surface area contributed by atoms with Gasteiger partial charge < -0.3 is 10.3 Å². The van der Waals surface area contributed by atoms with Crippen molar-refractivity contribution in [3.63, 3.8) is 0 Å². The summed E-state index contributed by atoms with van der Waals surface area (Å²) >= 11 is 0. The van der Waals surface area contributed by atoms with Crippen LogP contribution in [0.5, 0.6) is 0 Å². The predicted molar refractivity (Wildman–Crippen MR) is 81.6 cm³/mol. The molecule has 2 N–H and O–H groups in total. The summed E-state index contributed by atoms with van der Waals surface area (Å²) in [5, 5.41) is 0. The minimum atomic E-state index is 0.726. The molecule has 0 bridgehead atoms. The lowest BCUT2D eigenvalue weighted by molar-refractivity contribution is 0.728. The highest BCUT2D eigenvalue weighted by molar-refractivity contribution is 5.76. The average molecular weight is 266 g/mol. The smallest absolute Gasteiger partial charge is 0.115 e. The number of nitrogen functional groups attached to an aromatic ring is 1. The highest BCUT2D eigenvalue weighted by Gasteiger charge is 2.10. The van der Waals surface area contributed by atoms with Crippen LogP contribution < -0.4 is 5.73 Å². The van der Waals surface area contributed by atoms with Crippen LogP contribution in [0.2, 0.25) is 0 Å². The minimum absolute atomic E-state index is 0.726. The normalized spacial score (nSPS) is 11.1. The first-order chi connectivity index (χ1) is 9.69. The molecule has 0 saturated carbocycles. The van der Waals surface area contributed by atoms with Crippen molar-refractivity contribution in [1.29, 1.82) is 0 Å². The molecular formula is C16H18N4. The number of nitrogens with two attached hydrogens (primary N) is 1. The Hall–Kier alpha value is -2.36. The number of anilines is 1. The fourth-order valence-corrected chi connectivity index (χ4v) is 2.50. The van der Waals surface area contributed by atoms with Crippen LogP contribution in [0, 0.1) is 6.92 Å². The summed E-state index contributed by atoms with van der Waals surface area (Å²) in [4.78, 5) is 9.26. The van der Waals surface area contributed by atoms with Crippen molar-refractivity contribution < 1.29 is 0 Å². The maximum Gasteiger partial charge on any atom is 0.115 e. The second-order valence-electron chi connectivity index (χ2n) is 4.92. The van der Waals surface area contributed by atoms with Gasteiger partial charge in [0.05, 0.1) is 22.4 Å². The summed E-state index contributed by atoms with van der Waals surface area (Å²) in [6.45, 7) is 4.98. The van der Waals surface area contributed by atoms with Gasteiger partial charge in [-0.3, -0.25) is 4.98 Å². The van der Waals surface area contributed by atoms with E-state index in [1.807, 2.05) is 37.3 Å². The Bertz CT molecular complexity index is 758. The number of nitrogens with zero attached hydrogens (tertiary/aromatic N) is 3. The molecular weight excluding hydrogens is 248 g/mol. The van der Waals surface area contributed by atoms with Crippen LogP contribution in [0.4, 0.5) is 5.69 Å². The quantitative estimate of drug-likeness (QED) is 0.793. The van der Waals surface area contributed by atoms with Crippen LogP contribution in [-0.4, -0.2) is 14.5 Å². The van der Waals surface area contributed by atoms with E-state index in [0.717, 1.165) is 41.4 Å². The Morgan fingerprint density at radius 2 is 1.90 bits per heavy atom. The molecule has 0 saturated heterocycles. The molecule has 4 heteroatoms. The SMILES string of the molecule is CCn1c(Cc2ccc(N)c(C)n2)nc2ccccc21. The molecule has 0 amide bonds. The number of fused-ring (bicyclic) bond motifs is 1. The van der Waals surface area contributed by atoms with E-state index in [1.165, 1.54) is 5.52 Å². The molecule has 0 aliphatic carbocycles. The maximum absolute atomic E-state index is 5.82. The number of hydrogen-bond donors (Lipinski definition) is 1. The van der Waals surface area contributed by atoms with Crippen molar-refractivity contribution in [2.75, 3.05) is 5.73 Å². The third-order valence-electron chi connectivity index (χ3n) is 3.57. The Balaban J connectivity index is 2.03. The molecule has 3 rings (SSSR count). The second-order valence-corrected chi connectivity index (χ2v) is 4.92. The molecule has 20 heavy (non-hydrogen) atoms. The van der Waals surface area contributed by atoms with Gasteiger partial charge in [-0.2, -0.15) is 0 Å². The molecule has 0 unspecified atom stereocenters. The zero-order chi connectivity index (χ0) is 14.1. The van der Waals surface area contributed by atoms with Crippen molar-refractivity contribution in [3.8, 4) is 0 Å². The van der Waals surface area contributed by atoms with Gasteiger partial charge in [-0.15, -0.1) is 0 Å². The van der Waals surface area contributed by atoms with E-state index in [0.29, 0.717) is 0 Å². The van der Waals surface area contributed by atoms with E-state index in [-0.39, 0.29) is 0 Å². The molecule has 1 aromatic carbocycles. The first-order valence-corrected chi connectivity index (χ1v) is 6.85. The van der Waals surface area contributed by atoms with Gasteiger partial charge in [0.1, 0.15) is 5.82 Å². The van der Waals surface area contributed by atoms with Crippen LogP contribution >= 0.6 is 0 Å². The van der Waals surface area contributed by atoms with Gasteiger partial charge in [0.2, 0.25) is 0 Å². The molecule has 0 radical (unpaired) electrons. The van der Waals surface area contributed by atoms with Gasteiger partial charge in [-0.25, -0.2) is 4.98 Å². The minimum Gasteiger partial charge on any atom is -0.397 e. The molecule has 0 atom stereocenters. The van der Waals surface area contributed by atoms with E-state index in [1.54, 1.807) is 0 Å². The Kier molecular flexibility index (Phi) is 3.14. The molecule has 3 aromatic rings. The zero-order valence-electron chi connectivity index (χ0n) is 11.8. The lowest BCUT2D eigenvalue weighted by Crippen LogP contribution is -2.05. The number of aryl methyl sites for hydroxylation is 2. The fraction of sp³-hybridized carbons (Fsp3) is 0.250. The van der Waals surface area contributed by atoms with Gasteiger partial charge in [-0.05, 0) is 38.1 Å². The van der Waals surface area contributed by atoms with Crippen molar-refractivity contribution >= 4 is 16.7 Å². The van der Waals surface area contributed by atoms with Crippen LogP contribution in [0.1, 0.15) is 24.1 Å².